The first kappa shape index (κ1) is 16.8. The Bertz CT molecular complexity index is 714. The molecule has 0 aliphatic carbocycles. The summed E-state index contributed by atoms with van der Waals surface area (Å²) in [5, 5.41) is 5.95. The quantitative estimate of drug-likeness (QED) is 0.822. The zero-order valence-electron chi connectivity index (χ0n) is 12.9. The third kappa shape index (κ3) is 5.00. The van der Waals surface area contributed by atoms with E-state index in [1.54, 1.807) is 49.6 Å². The van der Waals surface area contributed by atoms with Gasteiger partial charge in [-0.05, 0) is 55.0 Å². The molecule has 0 spiro atoms. The molecule has 6 heteroatoms. The van der Waals surface area contributed by atoms with E-state index in [1.165, 1.54) is 0 Å². The predicted octanol–water partition coefficient (Wildman–Crippen LogP) is 3.62. The fourth-order valence-electron chi connectivity index (χ4n) is 1.99. The van der Waals surface area contributed by atoms with Gasteiger partial charge in [0, 0.05) is 16.4 Å². The average Bonchev–Trinajstić information content (AvgIpc) is 2.50. The number of aryl methyl sites for hydroxylation is 1. The van der Waals surface area contributed by atoms with Gasteiger partial charge in [0.05, 0.1) is 7.11 Å². The molecule has 2 N–H and O–H groups in total. The molecule has 2 amide bonds. The highest BCUT2D eigenvalue weighted by molar-refractivity contribution is 6.30. The number of benzene rings is 2. The normalized spacial score (nSPS) is 10.0. The highest BCUT2D eigenvalue weighted by Gasteiger charge is 2.11. The number of rotatable bonds is 5. The molecule has 0 bridgehead atoms. The van der Waals surface area contributed by atoms with Crippen LogP contribution < -0.4 is 15.4 Å². The summed E-state index contributed by atoms with van der Waals surface area (Å²) < 4.78 is 5.04. The maximum Gasteiger partial charge on any atom is 0.233 e. The molecule has 0 radical (unpaired) electrons. The first-order valence-electron chi connectivity index (χ1n) is 6.98. The van der Waals surface area contributed by atoms with Crippen molar-refractivity contribution >= 4 is 34.8 Å². The van der Waals surface area contributed by atoms with E-state index in [0.717, 1.165) is 5.56 Å². The van der Waals surface area contributed by atoms with Crippen molar-refractivity contribution in [1.82, 2.24) is 0 Å². The van der Waals surface area contributed by atoms with Gasteiger partial charge in [0.15, 0.2) is 0 Å². The molecule has 0 fully saturated rings. The molecule has 2 aromatic carbocycles. The Morgan fingerprint density at radius 2 is 1.70 bits per heavy atom. The van der Waals surface area contributed by atoms with Crippen LogP contribution in [0.4, 0.5) is 11.4 Å². The van der Waals surface area contributed by atoms with Crippen LogP contribution in [0, 0.1) is 6.92 Å². The average molecular weight is 333 g/mol. The lowest BCUT2D eigenvalue weighted by Gasteiger charge is -2.09. The van der Waals surface area contributed by atoms with Crippen molar-refractivity contribution in [3.8, 4) is 5.75 Å². The number of hydrogen-bond donors (Lipinski definition) is 2. The summed E-state index contributed by atoms with van der Waals surface area (Å²) in [4.78, 5) is 23.8. The number of ether oxygens (including phenoxy) is 1. The summed E-state index contributed by atoms with van der Waals surface area (Å²) in [6, 6.07) is 12.0. The van der Waals surface area contributed by atoms with Gasteiger partial charge in [0.2, 0.25) is 11.8 Å². The Labute approximate surface area is 139 Å². The molecular weight excluding hydrogens is 316 g/mol. The van der Waals surface area contributed by atoms with E-state index >= 15 is 0 Å². The minimum atomic E-state index is -0.390. The van der Waals surface area contributed by atoms with Crippen LogP contribution in [0.15, 0.2) is 42.5 Å². The molecule has 120 valence electrons. The van der Waals surface area contributed by atoms with Gasteiger partial charge in [-0.25, -0.2) is 0 Å². The van der Waals surface area contributed by atoms with E-state index in [-0.39, 0.29) is 18.2 Å². The van der Waals surface area contributed by atoms with E-state index in [0.29, 0.717) is 22.1 Å². The van der Waals surface area contributed by atoms with Crippen molar-refractivity contribution < 1.29 is 14.3 Å². The van der Waals surface area contributed by atoms with Crippen LogP contribution in [0.3, 0.4) is 0 Å². The molecular formula is C17H17ClN2O3. The van der Waals surface area contributed by atoms with Gasteiger partial charge in [-0.1, -0.05) is 11.6 Å². The van der Waals surface area contributed by atoms with E-state index in [2.05, 4.69) is 10.6 Å². The minimum Gasteiger partial charge on any atom is -0.497 e. The lowest BCUT2D eigenvalue weighted by molar-refractivity contribution is -0.123. The van der Waals surface area contributed by atoms with Gasteiger partial charge in [-0.2, -0.15) is 0 Å². The Morgan fingerprint density at radius 3 is 2.30 bits per heavy atom. The number of methoxy groups -OCH3 is 1. The maximum atomic E-state index is 11.9. The largest absolute Gasteiger partial charge is 0.497 e. The zero-order valence-corrected chi connectivity index (χ0v) is 13.6. The van der Waals surface area contributed by atoms with Crippen LogP contribution in [-0.2, 0) is 9.59 Å². The molecule has 0 aromatic heterocycles. The number of halogens is 1. The van der Waals surface area contributed by atoms with Crippen molar-refractivity contribution in [2.75, 3.05) is 17.7 Å². The number of amides is 2. The molecule has 0 atom stereocenters. The highest BCUT2D eigenvalue weighted by atomic mass is 35.5. The summed E-state index contributed by atoms with van der Waals surface area (Å²) in [6.07, 6.45) is -0.270. The van der Waals surface area contributed by atoms with E-state index in [4.69, 9.17) is 16.3 Å². The predicted molar refractivity (Wildman–Crippen MR) is 91.1 cm³/mol. The van der Waals surface area contributed by atoms with Crippen molar-refractivity contribution in [3.63, 3.8) is 0 Å². The molecule has 0 unspecified atom stereocenters. The topological polar surface area (TPSA) is 67.4 Å². The maximum absolute atomic E-state index is 11.9. The molecule has 0 saturated heterocycles. The smallest absolute Gasteiger partial charge is 0.233 e. The number of anilines is 2. The fraction of sp³-hybridized carbons (Fsp3) is 0.176. The summed E-state index contributed by atoms with van der Waals surface area (Å²) >= 11 is 5.86. The molecule has 0 aliphatic rings. The van der Waals surface area contributed by atoms with Crippen molar-refractivity contribution in [1.29, 1.82) is 0 Å². The second-order valence-electron chi connectivity index (χ2n) is 4.96. The van der Waals surface area contributed by atoms with Gasteiger partial charge >= 0.3 is 0 Å². The lowest BCUT2D eigenvalue weighted by Crippen LogP contribution is -2.21. The SMILES string of the molecule is COc1ccc(NC(=O)CC(=O)Nc2ccc(Cl)cc2C)cc1. The number of carbonyl (C=O) groups is 2. The Hall–Kier alpha value is -2.53. The number of nitrogens with one attached hydrogen (secondary N) is 2. The second kappa shape index (κ2) is 7.65. The third-order valence-corrected chi connectivity index (χ3v) is 3.39. The second-order valence-corrected chi connectivity index (χ2v) is 5.40. The van der Waals surface area contributed by atoms with Gasteiger partial charge in [-0.15, -0.1) is 0 Å². The monoisotopic (exact) mass is 332 g/mol. The number of carbonyl (C=O) groups excluding carboxylic acids is 2. The van der Waals surface area contributed by atoms with Crippen molar-refractivity contribution in [2.45, 2.75) is 13.3 Å². The van der Waals surface area contributed by atoms with Crippen LogP contribution in [0.2, 0.25) is 5.02 Å². The van der Waals surface area contributed by atoms with E-state index in [9.17, 15) is 9.59 Å². The Morgan fingerprint density at radius 1 is 1.04 bits per heavy atom. The lowest BCUT2D eigenvalue weighted by atomic mass is 10.2. The van der Waals surface area contributed by atoms with Crippen LogP contribution in [0.25, 0.3) is 0 Å². The van der Waals surface area contributed by atoms with E-state index in [1.807, 2.05) is 6.92 Å². The standard InChI is InChI=1S/C17H17ClN2O3/c1-11-9-12(18)3-8-15(11)20-17(22)10-16(21)19-13-4-6-14(23-2)7-5-13/h3-9H,10H2,1-2H3,(H,19,21)(H,20,22). The molecule has 2 rings (SSSR count). The zero-order chi connectivity index (χ0) is 16.8. The molecule has 23 heavy (non-hydrogen) atoms. The van der Waals surface area contributed by atoms with Gasteiger partial charge in [0.1, 0.15) is 12.2 Å². The Kier molecular flexibility index (Phi) is 5.60. The van der Waals surface area contributed by atoms with Crippen LogP contribution in [0.1, 0.15) is 12.0 Å². The molecule has 0 heterocycles. The van der Waals surface area contributed by atoms with Crippen LogP contribution in [0.5, 0.6) is 5.75 Å². The van der Waals surface area contributed by atoms with E-state index < -0.39 is 0 Å². The first-order chi connectivity index (χ1) is 11.0. The third-order valence-electron chi connectivity index (χ3n) is 3.16. The summed E-state index contributed by atoms with van der Waals surface area (Å²) in [6.45, 7) is 1.83. The summed E-state index contributed by atoms with van der Waals surface area (Å²) in [5.74, 6) is -0.0836. The fourth-order valence-corrected chi connectivity index (χ4v) is 2.21. The van der Waals surface area contributed by atoms with Gasteiger partial charge in [-0.3, -0.25) is 9.59 Å². The van der Waals surface area contributed by atoms with Crippen molar-refractivity contribution in [3.05, 3.63) is 53.1 Å². The number of hydrogen-bond acceptors (Lipinski definition) is 3. The van der Waals surface area contributed by atoms with Crippen LogP contribution >= 0.6 is 11.6 Å². The molecule has 5 nitrogen and oxygen atoms in total. The first-order valence-corrected chi connectivity index (χ1v) is 7.35. The van der Waals surface area contributed by atoms with Crippen molar-refractivity contribution in [2.24, 2.45) is 0 Å². The molecule has 0 saturated carbocycles. The Balaban J connectivity index is 1.90. The van der Waals surface area contributed by atoms with Crippen LogP contribution in [-0.4, -0.2) is 18.9 Å². The van der Waals surface area contributed by atoms with Gasteiger partial charge in [0.25, 0.3) is 0 Å². The highest BCUT2D eigenvalue weighted by Crippen LogP contribution is 2.20. The van der Waals surface area contributed by atoms with Gasteiger partial charge < -0.3 is 15.4 Å². The molecule has 0 aliphatic heterocycles. The summed E-state index contributed by atoms with van der Waals surface area (Å²) in [5.41, 5.74) is 2.07. The summed E-state index contributed by atoms with van der Waals surface area (Å²) in [7, 11) is 1.57. The molecule has 2 aromatic rings. The minimum absolute atomic E-state index is 0.270.